The van der Waals surface area contributed by atoms with Gasteiger partial charge >= 0.3 is 0 Å². The van der Waals surface area contributed by atoms with Crippen LogP contribution in [0.1, 0.15) is 6.92 Å². The molecule has 0 aromatic rings. The Balaban J connectivity index is 2.46. The maximum Gasteiger partial charge on any atom is 0.209 e. The quantitative estimate of drug-likeness (QED) is 0.565. The molecule has 0 bridgehead atoms. The SMILES string of the molecule is C[C@H]1[C@H](CS(C)(=O)=O)CN1C=O. The standard InChI is InChI=1S/C7H13NO3S/c1-6-7(3-8(6)5-9)4-12(2,10)11/h5-7H,3-4H2,1-2H3/t6-,7-/m0/s1. The highest BCUT2D eigenvalue weighted by atomic mass is 32.2. The molecule has 12 heavy (non-hydrogen) atoms. The summed E-state index contributed by atoms with van der Waals surface area (Å²) in [4.78, 5) is 11.9. The van der Waals surface area contributed by atoms with E-state index in [4.69, 9.17) is 0 Å². The molecule has 0 aromatic carbocycles. The molecule has 0 aromatic heterocycles. The third kappa shape index (κ3) is 1.97. The Kier molecular flexibility index (Phi) is 2.41. The van der Waals surface area contributed by atoms with Crippen LogP contribution in [0, 0.1) is 5.92 Å². The van der Waals surface area contributed by atoms with E-state index in [1.165, 1.54) is 6.26 Å². The van der Waals surface area contributed by atoms with Gasteiger partial charge in [-0.15, -0.1) is 0 Å². The van der Waals surface area contributed by atoms with Crippen molar-refractivity contribution in [3.8, 4) is 0 Å². The van der Waals surface area contributed by atoms with Gasteiger partial charge in [-0.3, -0.25) is 4.79 Å². The summed E-state index contributed by atoms with van der Waals surface area (Å²) in [6.07, 6.45) is 1.99. The molecule has 0 N–H and O–H groups in total. The van der Waals surface area contributed by atoms with Crippen LogP contribution >= 0.6 is 0 Å². The first kappa shape index (κ1) is 9.51. The number of sulfone groups is 1. The maximum absolute atomic E-state index is 10.9. The molecular formula is C7H13NO3S. The van der Waals surface area contributed by atoms with Crippen LogP contribution in [0.5, 0.6) is 0 Å². The highest BCUT2D eigenvalue weighted by Gasteiger charge is 2.36. The summed E-state index contributed by atoms with van der Waals surface area (Å²) < 4.78 is 21.7. The fourth-order valence-corrected chi connectivity index (χ4v) is 2.60. The lowest BCUT2D eigenvalue weighted by molar-refractivity contribution is -0.127. The van der Waals surface area contributed by atoms with Crippen LogP contribution in [0.3, 0.4) is 0 Å². The lowest BCUT2D eigenvalue weighted by Gasteiger charge is -2.43. The van der Waals surface area contributed by atoms with Crippen molar-refractivity contribution in [2.45, 2.75) is 13.0 Å². The Bertz CT molecular complexity index is 272. The number of hydrogen-bond acceptors (Lipinski definition) is 3. The average Bonchev–Trinajstić information content (AvgIpc) is 1.94. The van der Waals surface area contributed by atoms with Crippen LogP contribution in [-0.4, -0.2) is 44.3 Å². The molecule has 70 valence electrons. The van der Waals surface area contributed by atoms with E-state index in [1.54, 1.807) is 4.90 Å². The van der Waals surface area contributed by atoms with Gasteiger partial charge in [-0.2, -0.15) is 0 Å². The minimum atomic E-state index is -2.89. The van der Waals surface area contributed by atoms with Crippen LogP contribution < -0.4 is 0 Å². The highest BCUT2D eigenvalue weighted by molar-refractivity contribution is 7.90. The minimum Gasteiger partial charge on any atom is -0.342 e. The highest BCUT2D eigenvalue weighted by Crippen LogP contribution is 2.23. The number of amides is 1. The normalized spacial score (nSPS) is 29.7. The van der Waals surface area contributed by atoms with E-state index in [2.05, 4.69) is 0 Å². The molecular weight excluding hydrogens is 178 g/mol. The second-order valence-electron chi connectivity index (χ2n) is 3.40. The van der Waals surface area contributed by atoms with E-state index in [-0.39, 0.29) is 17.7 Å². The molecule has 0 saturated carbocycles. The third-order valence-corrected chi connectivity index (χ3v) is 3.34. The molecule has 0 unspecified atom stereocenters. The number of rotatable bonds is 3. The molecule has 1 aliphatic rings. The number of carbonyl (C=O) groups is 1. The summed E-state index contributed by atoms with van der Waals surface area (Å²) in [7, 11) is -2.89. The van der Waals surface area contributed by atoms with Gasteiger partial charge in [0, 0.05) is 24.8 Å². The largest absolute Gasteiger partial charge is 0.342 e. The summed E-state index contributed by atoms with van der Waals surface area (Å²) in [5.74, 6) is 0.323. The Morgan fingerprint density at radius 2 is 2.17 bits per heavy atom. The summed E-state index contributed by atoms with van der Waals surface area (Å²) >= 11 is 0. The lowest BCUT2D eigenvalue weighted by Crippen LogP contribution is -2.55. The molecule has 4 nitrogen and oxygen atoms in total. The molecule has 5 heteroatoms. The van der Waals surface area contributed by atoms with Gasteiger partial charge in [0.15, 0.2) is 0 Å². The summed E-state index contributed by atoms with van der Waals surface area (Å²) in [6, 6.07) is 0.0808. The molecule has 1 aliphatic heterocycles. The monoisotopic (exact) mass is 191 g/mol. The van der Waals surface area contributed by atoms with Gasteiger partial charge in [0.05, 0.1) is 5.75 Å². The maximum atomic E-state index is 10.9. The molecule has 1 amide bonds. The van der Waals surface area contributed by atoms with Crippen LogP contribution in [-0.2, 0) is 14.6 Å². The van der Waals surface area contributed by atoms with Crippen LogP contribution in [0.2, 0.25) is 0 Å². The number of hydrogen-bond donors (Lipinski definition) is 0. The number of likely N-dealkylation sites (tertiary alicyclic amines) is 1. The smallest absolute Gasteiger partial charge is 0.209 e. The number of nitrogens with zero attached hydrogens (tertiary/aromatic N) is 1. The van der Waals surface area contributed by atoms with Gasteiger partial charge in [0.2, 0.25) is 6.41 Å². The molecule has 1 heterocycles. The van der Waals surface area contributed by atoms with E-state index in [9.17, 15) is 13.2 Å². The number of carbonyl (C=O) groups excluding carboxylic acids is 1. The van der Waals surface area contributed by atoms with Crippen molar-refractivity contribution in [2.75, 3.05) is 18.6 Å². The van der Waals surface area contributed by atoms with E-state index >= 15 is 0 Å². The van der Waals surface area contributed by atoms with E-state index in [1.807, 2.05) is 6.92 Å². The fourth-order valence-electron chi connectivity index (χ4n) is 1.44. The molecule has 0 radical (unpaired) electrons. The van der Waals surface area contributed by atoms with Crippen molar-refractivity contribution in [1.29, 1.82) is 0 Å². The van der Waals surface area contributed by atoms with Gasteiger partial charge in [0.25, 0.3) is 0 Å². The van der Waals surface area contributed by atoms with Gasteiger partial charge in [0.1, 0.15) is 9.84 Å². The predicted octanol–water partition coefficient (Wildman–Crippen LogP) is -0.492. The van der Waals surface area contributed by atoms with Crippen LogP contribution in [0.4, 0.5) is 0 Å². The second kappa shape index (κ2) is 3.05. The van der Waals surface area contributed by atoms with Crippen molar-refractivity contribution in [1.82, 2.24) is 4.90 Å². The minimum absolute atomic E-state index is 0.0808. The molecule has 1 fully saturated rings. The molecule has 1 saturated heterocycles. The Labute approximate surface area is 72.5 Å². The first-order chi connectivity index (χ1) is 5.44. The van der Waals surface area contributed by atoms with Crippen LogP contribution in [0.25, 0.3) is 0 Å². The van der Waals surface area contributed by atoms with Crippen molar-refractivity contribution in [3.05, 3.63) is 0 Å². The zero-order valence-electron chi connectivity index (χ0n) is 7.23. The zero-order chi connectivity index (χ0) is 9.35. The summed E-state index contributed by atoms with van der Waals surface area (Å²) in [5.41, 5.74) is 0. The van der Waals surface area contributed by atoms with Crippen molar-refractivity contribution >= 4 is 16.2 Å². The van der Waals surface area contributed by atoms with Gasteiger partial charge in [-0.1, -0.05) is 0 Å². The van der Waals surface area contributed by atoms with Crippen molar-refractivity contribution in [2.24, 2.45) is 5.92 Å². The van der Waals surface area contributed by atoms with Gasteiger partial charge in [-0.05, 0) is 6.92 Å². The third-order valence-electron chi connectivity index (χ3n) is 2.30. The molecule has 0 aliphatic carbocycles. The van der Waals surface area contributed by atoms with Crippen LogP contribution in [0.15, 0.2) is 0 Å². The summed E-state index contributed by atoms with van der Waals surface area (Å²) in [6.45, 7) is 2.45. The van der Waals surface area contributed by atoms with Crippen molar-refractivity contribution < 1.29 is 13.2 Å². The first-order valence-corrected chi connectivity index (χ1v) is 5.89. The van der Waals surface area contributed by atoms with E-state index < -0.39 is 9.84 Å². The molecule has 2 atom stereocenters. The Morgan fingerprint density at radius 1 is 1.58 bits per heavy atom. The zero-order valence-corrected chi connectivity index (χ0v) is 8.04. The Hall–Kier alpha value is -0.580. The van der Waals surface area contributed by atoms with E-state index in [0.29, 0.717) is 6.54 Å². The fraction of sp³-hybridized carbons (Fsp3) is 0.857. The lowest BCUT2D eigenvalue weighted by atomic mass is 9.93. The average molecular weight is 191 g/mol. The first-order valence-electron chi connectivity index (χ1n) is 3.83. The van der Waals surface area contributed by atoms with Crippen molar-refractivity contribution in [3.63, 3.8) is 0 Å². The second-order valence-corrected chi connectivity index (χ2v) is 5.58. The molecule has 0 spiro atoms. The Morgan fingerprint density at radius 3 is 2.50 bits per heavy atom. The van der Waals surface area contributed by atoms with E-state index in [0.717, 1.165) is 6.41 Å². The predicted molar refractivity (Wildman–Crippen MR) is 45.4 cm³/mol. The molecule has 1 rings (SSSR count). The van der Waals surface area contributed by atoms with Gasteiger partial charge in [-0.25, -0.2) is 8.42 Å². The summed E-state index contributed by atoms with van der Waals surface area (Å²) in [5, 5.41) is 0. The topological polar surface area (TPSA) is 54.5 Å². The van der Waals surface area contributed by atoms with Gasteiger partial charge < -0.3 is 4.90 Å².